The first kappa shape index (κ1) is 11.6. The Kier molecular flexibility index (Phi) is 3.39. The van der Waals surface area contributed by atoms with Crippen molar-refractivity contribution in [1.29, 1.82) is 0 Å². The molecule has 1 fully saturated rings. The van der Waals surface area contributed by atoms with Crippen molar-refractivity contribution in [2.75, 3.05) is 19.6 Å². The summed E-state index contributed by atoms with van der Waals surface area (Å²) in [5.41, 5.74) is 6.62. The maximum absolute atomic E-state index is 11.6. The predicted molar refractivity (Wildman–Crippen MR) is 63.2 cm³/mol. The Bertz CT molecular complexity index is 445. The summed E-state index contributed by atoms with van der Waals surface area (Å²) < 4.78 is 0. The summed E-state index contributed by atoms with van der Waals surface area (Å²) in [7, 11) is 0. The fraction of sp³-hybridized carbons (Fsp3) is 0.333. The number of amides is 2. The second kappa shape index (κ2) is 4.97. The molecule has 1 saturated heterocycles. The molecule has 17 heavy (non-hydrogen) atoms. The smallest absolute Gasteiger partial charge is 0.248 e. The van der Waals surface area contributed by atoms with Gasteiger partial charge in [-0.1, -0.05) is 12.1 Å². The number of nitrogens with one attached hydrogen (secondary N) is 1. The van der Waals surface area contributed by atoms with Gasteiger partial charge in [0.15, 0.2) is 0 Å². The van der Waals surface area contributed by atoms with Crippen LogP contribution in [0.25, 0.3) is 0 Å². The molecule has 1 aromatic rings. The third kappa shape index (κ3) is 2.82. The number of primary amides is 1. The van der Waals surface area contributed by atoms with Gasteiger partial charge in [-0.25, -0.2) is 0 Å². The number of piperazine rings is 1. The minimum atomic E-state index is -0.446. The third-order valence-corrected chi connectivity index (χ3v) is 2.77. The van der Waals surface area contributed by atoms with Crippen LogP contribution in [-0.2, 0) is 11.3 Å². The van der Waals surface area contributed by atoms with Crippen molar-refractivity contribution in [2.45, 2.75) is 6.54 Å². The summed E-state index contributed by atoms with van der Waals surface area (Å²) in [6, 6.07) is 7.08. The molecule has 5 heteroatoms. The minimum absolute atomic E-state index is 0.0840. The van der Waals surface area contributed by atoms with Gasteiger partial charge in [0, 0.05) is 25.2 Å². The third-order valence-electron chi connectivity index (χ3n) is 2.77. The van der Waals surface area contributed by atoms with E-state index in [-0.39, 0.29) is 5.91 Å². The van der Waals surface area contributed by atoms with Crippen molar-refractivity contribution < 1.29 is 9.59 Å². The molecule has 2 rings (SSSR count). The number of hydrogen-bond acceptors (Lipinski definition) is 3. The Morgan fingerprint density at radius 3 is 3.00 bits per heavy atom. The molecule has 0 atom stereocenters. The van der Waals surface area contributed by atoms with Gasteiger partial charge in [0.25, 0.3) is 0 Å². The van der Waals surface area contributed by atoms with Crippen LogP contribution in [0.1, 0.15) is 15.9 Å². The van der Waals surface area contributed by atoms with Gasteiger partial charge in [-0.15, -0.1) is 0 Å². The number of rotatable bonds is 3. The molecule has 1 aromatic carbocycles. The molecular formula is C12H15N3O2. The number of benzene rings is 1. The second-order valence-corrected chi connectivity index (χ2v) is 4.06. The van der Waals surface area contributed by atoms with Gasteiger partial charge in [0.2, 0.25) is 11.8 Å². The molecule has 5 nitrogen and oxygen atoms in total. The predicted octanol–water partition coefficient (Wildman–Crippen LogP) is -0.283. The second-order valence-electron chi connectivity index (χ2n) is 4.06. The largest absolute Gasteiger partial charge is 0.366 e. The average Bonchev–Trinajstić information content (AvgIpc) is 2.32. The SMILES string of the molecule is NC(=O)c1cccc(CN2CCNCC2=O)c1. The Labute approximate surface area is 99.6 Å². The molecule has 1 aliphatic rings. The molecule has 0 radical (unpaired) electrons. The van der Waals surface area contributed by atoms with E-state index >= 15 is 0 Å². The van der Waals surface area contributed by atoms with Crippen LogP contribution in [0, 0.1) is 0 Å². The van der Waals surface area contributed by atoms with E-state index in [1.807, 2.05) is 6.07 Å². The molecular weight excluding hydrogens is 218 g/mol. The maximum Gasteiger partial charge on any atom is 0.248 e. The molecule has 0 unspecified atom stereocenters. The quantitative estimate of drug-likeness (QED) is 0.753. The molecule has 1 heterocycles. The zero-order valence-corrected chi connectivity index (χ0v) is 9.48. The summed E-state index contributed by atoms with van der Waals surface area (Å²) in [4.78, 5) is 24.4. The minimum Gasteiger partial charge on any atom is -0.366 e. The molecule has 2 amide bonds. The Balaban J connectivity index is 2.09. The highest BCUT2D eigenvalue weighted by Crippen LogP contribution is 2.09. The van der Waals surface area contributed by atoms with Gasteiger partial charge < -0.3 is 16.0 Å². The van der Waals surface area contributed by atoms with Crippen LogP contribution >= 0.6 is 0 Å². The maximum atomic E-state index is 11.6. The van der Waals surface area contributed by atoms with E-state index in [1.165, 1.54) is 0 Å². The van der Waals surface area contributed by atoms with E-state index in [2.05, 4.69) is 5.32 Å². The summed E-state index contributed by atoms with van der Waals surface area (Å²) >= 11 is 0. The lowest BCUT2D eigenvalue weighted by Crippen LogP contribution is -2.47. The van der Waals surface area contributed by atoms with E-state index in [1.54, 1.807) is 23.1 Å². The Morgan fingerprint density at radius 2 is 2.29 bits per heavy atom. The number of carbonyl (C=O) groups excluding carboxylic acids is 2. The van der Waals surface area contributed by atoms with Crippen LogP contribution in [0.2, 0.25) is 0 Å². The van der Waals surface area contributed by atoms with E-state index in [4.69, 9.17) is 5.73 Å². The summed E-state index contributed by atoms with van der Waals surface area (Å²) in [6.45, 7) is 2.41. The number of carbonyl (C=O) groups is 2. The van der Waals surface area contributed by atoms with Crippen LogP contribution in [0.5, 0.6) is 0 Å². The first-order valence-electron chi connectivity index (χ1n) is 5.54. The first-order chi connectivity index (χ1) is 8.16. The monoisotopic (exact) mass is 233 g/mol. The normalized spacial score (nSPS) is 16.0. The van der Waals surface area contributed by atoms with Gasteiger partial charge in [-0.2, -0.15) is 0 Å². The van der Waals surface area contributed by atoms with Crippen LogP contribution in [-0.4, -0.2) is 36.3 Å². The van der Waals surface area contributed by atoms with Crippen molar-refractivity contribution in [3.63, 3.8) is 0 Å². The molecule has 1 aliphatic heterocycles. The van der Waals surface area contributed by atoms with Crippen molar-refractivity contribution in [3.05, 3.63) is 35.4 Å². The van der Waals surface area contributed by atoms with Crippen molar-refractivity contribution in [3.8, 4) is 0 Å². The molecule has 0 spiro atoms. The first-order valence-corrected chi connectivity index (χ1v) is 5.54. The Morgan fingerprint density at radius 1 is 1.47 bits per heavy atom. The van der Waals surface area contributed by atoms with E-state index in [0.29, 0.717) is 25.2 Å². The molecule has 3 N–H and O–H groups in total. The zero-order valence-electron chi connectivity index (χ0n) is 9.48. The van der Waals surface area contributed by atoms with E-state index in [0.717, 1.165) is 12.1 Å². The average molecular weight is 233 g/mol. The molecule has 0 saturated carbocycles. The number of nitrogens with zero attached hydrogens (tertiary/aromatic N) is 1. The van der Waals surface area contributed by atoms with Crippen LogP contribution < -0.4 is 11.1 Å². The highest BCUT2D eigenvalue weighted by Gasteiger charge is 2.17. The van der Waals surface area contributed by atoms with Crippen LogP contribution in [0.4, 0.5) is 0 Å². The number of nitrogens with two attached hydrogens (primary N) is 1. The summed E-state index contributed by atoms with van der Waals surface area (Å²) in [5, 5.41) is 3.01. The summed E-state index contributed by atoms with van der Waals surface area (Å²) in [6.07, 6.45) is 0. The topological polar surface area (TPSA) is 75.4 Å². The fourth-order valence-electron chi connectivity index (χ4n) is 1.86. The molecule has 90 valence electrons. The standard InChI is InChI=1S/C12H15N3O2/c13-12(17)10-3-1-2-9(6-10)8-15-5-4-14-7-11(15)16/h1-3,6,14H,4-5,7-8H2,(H2,13,17). The lowest BCUT2D eigenvalue weighted by atomic mass is 10.1. The Hall–Kier alpha value is -1.88. The number of hydrogen-bond donors (Lipinski definition) is 2. The van der Waals surface area contributed by atoms with Crippen molar-refractivity contribution in [1.82, 2.24) is 10.2 Å². The molecule has 0 bridgehead atoms. The van der Waals surface area contributed by atoms with Gasteiger partial charge >= 0.3 is 0 Å². The molecule has 0 aliphatic carbocycles. The van der Waals surface area contributed by atoms with Crippen molar-refractivity contribution >= 4 is 11.8 Å². The summed E-state index contributed by atoms with van der Waals surface area (Å²) in [5.74, 6) is -0.362. The van der Waals surface area contributed by atoms with E-state index < -0.39 is 5.91 Å². The van der Waals surface area contributed by atoms with Gasteiger partial charge in [0.1, 0.15) is 0 Å². The van der Waals surface area contributed by atoms with Gasteiger partial charge in [0.05, 0.1) is 6.54 Å². The van der Waals surface area contributed by atoms with Gasteiger partial charge in [-0.05, 0) is 17.7 Å². The highest BCUT2D eigenvalue weighted by molar-refractivity contribution is 5.92. The highest BCUT2D eigenvalue weighted by atomic mass is 16.2. The molecule has 0 aromatic heterocycles. The van der Waals surface area contributed by atoms with Crippen molar-refractivity contribution in [2.24, 2.45) is 5.73 Å². The zero-order chi connectivity index (χ0) is 12.3. The van der Waals surface area contributed by atoms with Crippen LogP contribution in [0.15, 0.2) is 24.3 Å². The van der Waals surface area contributed by atoms with Crippen LogP contribution in [0.3, 0.4) is 0 Å². The lowest BCUT2D eigenvalue weighted by molar-refractivity contribution is -0.132. The fourth-order valence-corrected chi connectivity index (χ4v) is 1.86. The lowest BCUT2D eigenvalue weighted by Gasteiger charge is -2.27. The van der Waals surface area contributed by atoms with Gasteiger partial charge in [-0.3, -0.25) is 9.59 Å². The van der Waals surface area contributed by atoms with E-state index in [9.17, 15) is 9.59 Å².